The summed E-state index contributed by atoms with van der Waals surface area (Å²) in [5, 5.41) is 2.19. The third-order valence-corrected chi connectivity index (χ3v) is 4.01. The van der Waals surface area contributed by atoms with Gasteiger partial charge >= 0.3 is 5.56 Å². The highest BCUT2D eigenvalue weighted by Gasteiger charge is 2.13. The number of nitrogens with zero attached hydrogens (tertiary/aromatic N) is 2. The molecule has 4 nitrogen and oxygen atoms in total. The van der Waals surface area contributed by atoms with Gasteiger partial charge in [0.15, 0.2) is 11.1 Å². The Labute approximate surface area is 132 Å². The van der Waals surface area contributed by atoms with Crippen LogP contribution < -0.4 is 5.56 Å². The molecule has 0 bridgehead atoms. The predicted molar refractivity (Wildman–Crippen MR) is 90.4 cm³/mol. The van der Waals surface area contributed by atoms with E-state index in [1.165, 1.54) is 5.56 Å². The van der Waals surface area contributed by atoms with Crippen molar-refractivity contribution in [3.8, 4) is 11.5 Å². The molecule has 23 heavy (non-hydrogen) atoms. The van der Waals surface area contributed by atoms with Gasteiger partial charge in [0.25, 0.3) is 0 Å². The molecule has 0 aliphatic carbocycles. The Bertz CT molecular complexity index is 1080. The van der Waals surface area contributed by atoms with Crippen molar-refractivity contribution in [2.24, 2.45) is 0 Å². The number of pyridine rings is 1. The number of fused-ring (bicyclic) bond motifs is 2. The Morgan fingerprint density at radius 1 is 1.00 bits per heavy atom. The first kappa shape index (κ1) is 13.6. The van der Waals surface area contributed by atoms with E-state index in [9.17, 15) is 4.79 Å². The van der Waals surface area contributed by atoms with E-state index in [1.54, 1.807) is 18.3 Å². The molecule has 0 atom stereocenters. The van der Waals surface area contributed by atoms with Gasteiger partial charge in [-0.25, -0.2) is 4.98 Å². The number of hydrogen-bond donors (Lipinski definition) is 0. The molecule has 0 fully saturated rings. The second-order valence-corrected chi connectivity index (χ2v) is 5.35. The zero-order chi connectivity index (χ0) is 15.8. The molecule has 0 unspecified atom stereocenters. The SMILES string of the molecule is CCc1ccc(-c2nc(=O)c3ncccc3o2)c2ccccc12. The molecular formula is C19H14N2O2. The molecule has 0 radical (unpaired) electrons. The summed E-state index contributed by atoms with van der Waals surface area (Å²) < 4.78 is 5.84. The lowest BCUT2D eigenvalue weighted by Crippen LogP contribution is -2.08. The Balaban J connectivity index is 2.05. The molecule has 0 aliphatic rings. The van der Waals surface area contributed by atoms with Crippen LogP contribution in [-0.2, 0) is 6.42 Å². The van der Waals surface area contributed by atoms with Crippen molar-refractivity contribution in [1.82, 2.24) is 9.97 Å². The number of aryl methyl sites for hydroxylation is 1. The molecular weight excluding hydrogens is 288 g/mol. The van der Waals surface area contributed by atoms with Gasteiger partial charge in [0, 0.05) is 11.8 Å². The lowest BCUT2D eigenvalue weighted by Gasteiger charge is -2.09. The van der Waals surface area contributed by atoms with Crippen LogP contribution in [0.4, 0.5) is 0 Å². The van der Waals surface area contributed by atoms with E-state index in [0.29, 0.717) is 11.5 Å². The minimum Gasteiger partial charge on any atom is -0.436 e. The number of benzene rings is 2. The van der Waals surface area contributed by atoms with Gasteiger partial charge in [-0.15, -0.1) is 0 Å². The maximum Gasteiger partial charge on any atom is 0.302 e. The number of hydrogen-bond acceptors (Lipinski definition) is 4. The summed E-state index contributed by atoms with van der Waals surface area (Å²) in [7, 11) is 0. The van der Waals surface area contributed by atoms with Crippen molar-refractivity contribution in [3.05, 3.63) is 70.6 Å². The maximum absolute atomic E-state index is 12.2. The van der Waals surface area contributed by atoms with Crippen LogP contribution in [0.15, 0.2) is 63.9 Å². The standard InChI is InChI=1S/C19H14N2O2/c1-2-12-9-10-15(14-7-4-3-6-13(12)14)19-21-18(22)17-16(23-19)8-5-11-20-17/h3-11H,2H2,1H3. The highest BCUT2D eigenvalue weighted by molar-refractivity contribution is 5.97. The van der Waals surface area contributed by atoms with Crippen LogP contribution >= 0.6 is 0 Å². The van der Waals surface area contributed by atoms with Crippen molar-refractivity contribution in [2.75, 3.05) is 0 Å². The van der Waals surface area contributed by atoms with E-state index in [1.807, 2.05) is 24.3 Å². The van der Waals surface area contributed by atoms with Crippen LogP contribution in [-0.4, -0.2) is 9.97 Å². The summed E-state index contributed by atoms with van der Waals surface area (Å²) in [6, 6.07) is 15.6. The molecule has 4 rings (SSSR count). The summed E-state index contributed by atoms with van der Waals surface area (Å²) >= 11 is 0. The summed E-state index contributed by atoms with van der Waals surface area (Å²) in [4.78, 5) is 20.3. The van der Waals surface area contributed by atoms with Crippen LogP contribution in [0, 0.1) is 0 Å². The molecule has 112 valence electrons. The van der Waals surface area contributed by atoms with E-state index in [-0.39, 0.29) is 11.1 Å². The smallest absolute Gasteiger partial charge is 0.302 e. The van der Waals surface area contributed by atoms with Crippen molar-refractivity contribution in [1.29, 1.82) is 0 Å². The van der Waals surface area contributed by atoms with Crippen molar-refractivity contribution < 1.29 is 4.42 Å². The molecule has 2 aromatic carbocycles. The second kappa shape index (κ2) is 5.32. The Morgan fingerprint density at radius 2 is 1.83 bits per heavy atom. The largest absolute Gasteiger partial charge is 0.436 e. The van der Waals surface area contributed by atoms with E-state index in [4.69, 9.17) is 4.42 Å². The topological polar surface area (TPSA) is 56.0 Å². The van der Waals surface area contributed by atoms with Crippen LogP contribution in [0.25, 0.3) is 33.3 Å². The predicted octanol–water partition coefficient (Wildman–Crippen LogP) is 3.97. The Kier molecular flexibility index (Phi) is 3.15. The van der Waals surface area contributed by atoms with Gasteiger partial charge in [-0.2, -0.15) is 4.98 Å². The van der Waals surface area contributed by atoms with E-state index >= 15 is 0 Å². The highest BCUT2D eigenvalue weighted by Crippen LogP contribution is 2.30. The molecule has 0 amide bonds. The molecule has 2 heterocycles. The number of aromatic nitrogens is 2. The van der Waals surface area contributed by atoms with Gasteiger partial charge in [-0.05, 0) is 41.0 Å². The molecule has 0 spiro atoms. The summed E-state index contributed by atoms with van der Waals surface area (Å²) in [6.07, 6.45) is 2.51. The first-order chi connectivity index (χ1) is 11.3. The monoisotopic (exact) mass is 302 g/mol. The molecule has 0 N–H and O–H groups in total. The average molecular weight is 302 g/mol. The van der Waals surface area contributed by atoms with Crippen molar-refractivity contribution >= 4 is 21.9 Å². The molecule has 0 saturated carbocycles. The lowest BCUT2D eigenvalue weighted by molar-refractivity contribution is 0.594. The van der Waals surface area contributed by atoms with Crippen LogP contribution in [0.2, 0.25) is 0 Å². The first-order valence-electron chi connectivity index (χ1n) is 7.55. The minimum absolute atomic E-state index is 0.255. The third kappa shape index (κ3) is 2.19. The molecule has 0 aliphatic heterocycles. The fraction of sp³-hybridized carbons (Fsp3) is 0.105. The average Bonchev–Trinajstić information content (AvgIpc) is 2.60. The fourth-order valence-electron chi connectivity index (χ4n) is 2.88. The molecule has 2 aromatic heterocycles. The molecule has 0 saturated heterocycles. The second-order valence-electron chi connectivity index (χ2n) is 5.35. The van der Waals surface area contributed by atoms with Crippen molar-refractivity contribution in [3.63, 3.8) is 0 Å². The fourth-order valence-corrected chi connectivity index (χ4v) is 2.88. The van der Waals surface area contributed by atoms with Gasteiger partial charge in [-0.1, -0.05) is 37.3 Å². The van der Waals surface area contributed by atoms with Gasteiger partial charge in [-0.3, -0.25) is 4.79 Å². The van der Waals surface area contributed by atoms with Crippen LogP contribution in [0.1, 0.15) is 12.5 Å². The quantitative estimate of drug-likeness (QED) is 0.562. The Morgan fingerprint density at radius 3 is 2.65 bits per heavy atom. The van der Waals surface area contributed by atoms with E-state index in [0.717, 1.165) is 22.8 Å². The van der Waals surface area contributed by atoms with Crippen LogP contribution in [0.3, 0.4) is 0 Å². The first-order valence-corrected chi connectivity index (χ1v) is 7.55. The summed E-state index contributed by atoms with van der Waals surface area (Å²) in [6.45, 7) is 2.13. The maximum atomic E-state index is 12.2. The minimum atomic E-state index is -0.370. The van der Waals surface area contributed by atoms with Gasteiger partial charge in [0.2, 0.25) is 5.89 Å². The highest BCUT2D eigenvalue weighted by atomic mass is 16.3. The molecule has 4 heteroatoms. The van der Waals surface area contributed by atoms with Gasteiger partial charge in [0.05, 0.1) is 0 Å². The lowest BCUT2D eigenvalue weighted by atomic mass is 9.98. The van der Waals surface area contributed by atoms with E-state index < -0.39 is 0 Å². The zero-order valence-electron chi connectivity index (χ0n) is 12.6. The summed E-state index contributed by atoms with van der Waals surface area (Å²) in [5.74, 6) is 0.328. The van der Waals surface area contributed by atoms with Crippen molar-refractivity contribution in [2.45, 2.75) is 13.3 Å². The zero-order valence-corrected chi connectivity index (χ0v) is 12.6. The van der Waals surface area contributed by atoms with E-state index in [2.05, 4.69) is 29.0 Å². The summed E-state index contributed by atoms with van der Waals surface area (Å²) in [5.41, 5.74) is 2.41. The Hall–Kier alpha value is -3.01. The number of rotatable bonds is 2. The molecule has 4 aromatic rings. The normalized spacial score (nSPS) is 11.2. The van der Waals surface area contributed by atoms with Gasteiger partial charge in [0.1, 0.15) is 0 Å². The van der Waals surface area contributed by atoms with Crippen LogP contribution in [0.5, 0.6) is 0 Å². The third-order valence-electron chi connectivity index (χ3n) is 4.01. The van der Waals surface area contributed by atoms with Gasteiger partial charge < -0.3 is 4.42 Å².